The molecule has 2 heterocycles. The van der Waals surface area contributed by atoms with E-state index in [2.05, 4.69) is 10.2 Å². The Kier molecular flexibility index (Phi) is 9.40. The first-order chi connectivity index (χ1) is 16.4. The molecule has 2 aromatic rings. The number of nitrogens with zero attached hydrogens (tertiary/aromatic N) is 4. The average molecular weight is 477 g/mol. The zero-order valence-electron chi connectivity index (χ0n) is 18.7. The predicted octanol–water partition coefficient (Wildman–Crippen LogP) is 0.0934. The second-order valence-corrected chi connectivity index (χ2v) is 8.09. The van der Waals surface area contributed by atoms with Crippen LogP contribution in [0.1, 0.15) is 33.6 Å². The number of amides is 2. The number of aliphatic hydroxyl groups is 3. The Balaban J connectivity index is 1.83. The molecule has 0 spiro atoms. The molecule has 1 fully saturated rings. The Morgan fingerprint density at radius 3 is 2.29 bits per heavy atom. The van der Waals surface area contributed by atoms with Crippen LogP contribution in [0, 0.1) is 5.82 Å². The Bertz CT molecular complexity index is 933. The summed E-state index contributed by atoms with van der Waals surface area (Å²) < 4.78 is 18.7. The number of aliphatic hydroxyl groups excluding tert-OH is 3. The number of rotatable bonds is 2. The molecule has 0 unspecified atom stereocenters. The van der Waals surface area contributed by atoms with Gasteiger partial charge in [-0.05, 0) is 43.2 Å². The molecule has 11 heteroatoms. The van der Waals surface area contributed by atoms with E-state index < -0.39 is 30.0 Å². The lowest BCUT2D eigenvalue weighted by Gasteiger charge is -2.32. The van der Waals surface area contributed by atoms with Gasteiger partial charge in [0.1, 0.15) is 24.1 Å². The molecular weight excluding hydrogens is 447 g/mol. The summed E-state index contributed by atoms with van der Waals surface area (Å²) in [5.41, 5.74) is 0.534. The zero-order chi connectivity index (χ0) is 24.5. The van der Waals surface area contributed by atoms with Crippen molar-refractivity contribution in [3.63, 3.8) is 0 Å². The van der Waals surface area contributed by atoms with E-state index in [9.17, 15) is 29.3 Å². The molecular formula is C23H29FN4O6. The van der Waals surface area contributed by atoms with Crippen LogP contribution in [0.2, 0.25) is 0 Å². The van der Waals surface area contributed by atoms with Crippen LogP contribution in [0.15, 0.2) is 42.7 Å². The highest BCUT2D eigenvalue weighted by Gasteiger charge is 2.29. The predicted molar refractivity (Wildman–Crippen MR) is 118 cm³/mol. The quantitative estimate of drug-likeness (QED) is 0.555. The summed E-state index contributed by atoms with van der Waals surface area (Å²) in [5, 5.41) is 38.4. The molecule has 2 amide bonds. The molecule has 0 saturated carbocycles. The molecule has 1 aliphatic rings. The normalized spacial score (nSPS) is 23.2. The van der Waals surface area contributed by atoms with Crippen molar-refractivity contribution in [3.05, 3.63) is 59.7 Å². The van der Waals surface area contributed by atoms with Crippen LogP contribution in [0.3, 0.4) is 0 Å². The van der Waals surface area contributed by atoms with Crippen LogP contribution in [0.25, 0.3) is 0 Å². The smallest absolute Gasteiger partial charge is 0.255 e. The zero-order valence-corrected chi connectivity index (χ0v) is 18.7. The molecule has 3 rings (SSSR count). The summed E-state index contributed by atoms with van der Waals surface area (Å²) in [7, 11) is 0. The molecule has 0 radical (unpaired) electrons. The van der Waals surface area contributed by atoms with E-state index in [1.54, 1.807) is 11.0 Å². The minimum absolute atomic E-state index is 0.0385. The van der Waals surface area contributed by atoms with Gasteiger partial charge in [-0.15, -0.1) is 0 Å². The summed E-state index contributed by atoms with van der Waals surface area (Å²) in [4.78, 5) is 29.0. The number of hydrogen-bond acceptors (Lipinski definition) is 8. The van der Waals surface area contributed by atoms with Crippen LogP contribution < -0.4 is 0 Å². The third kappa shape index (κ3) is 7.00. The van der Waals surface area contributed by atoms with Gasteiger partial charge in [-0.25, -0.2) is 4.39 Å². The van der Waals surface area contributed by atoms with E-state index >= 15 is 0 Å². The van der Waals surface area contributed by atoms with E-state index in [-0.39, 0.29) is 37.7 Å². The van der Waals surface area contributed by atoms with Crippen molar-refractivity contribution >= 4 is 11.8 Å². The fourth-order valence-electron chi connectivity index (χ4n) is 3.61. The first-order valence-electron chi connectivity index (χ1n) is 11.1. The van der Waals surface area contributed by atoms with Gasteiger partial charge in [0, 0.05) is 38.3 Å². The summed E-state index contributed by atoms with van der Waals surface area (Å²) in [6.07, 6.45) is -0.373. The molecule has 0 aliphatic carbocycles. The van der Waals surface area contributed by atoms with Crippen molar-refractivity contribution in [1.82, 2.24) is 20.0 Å². The van der Waals surface area contributed by atoms with Crippen LogP contribution in [0.5, 0.6) is 0 Å². The molecule has 1 aromatic carbocycles. The Hall–Kier alpha value is -2.99. The summed E-state index contributed by atoms with van der Waals surface area (Å²) >= 11 is 0. The van der Waals surface area contributed by atoms with Gasteiger partial charge < -0.3 is 29.9 Å². The lowest BCUT2D eigenvalue weighted by atomic mass is 10.1. The van der Waals surface area contributed by atoms with Crippen molar-refractivity contribution in [1.29, 1.82) is 0 Å². The Labute approximate surface area is 196 Å². The van der Waals surface area contributed by atoms with E-state index in [1.165, 1.54) is 29.4 Å². The summed E-state index contributed by atoms with van der Waals surface area (Å²) in [6.45, 7) is 0.380. The average Bonchev–Trinajstić information content (AvgIpc) is 2.85. The SMILES string of the molecule is O=C(c1ccnnc1)N1CCCCOC[C@@H](O)[C@H](O)[C@@H](O)CN(C(=O)c2ccc(F)cc2)CC1. The Morgan fingerprint density at radius 2 is 1.59 bits per heavy atom. The van der Waals surface area contributed by atoms with Crippen molar-refractivity contribution in [2.75, 3.05) is 39.4 Å². The minimum atomic E-state index is -1.55. The monoisotopic (exact) mass is 476 g/mol. The number of ether oxygens (including phenoxy) is 1. The number of hydrogen-bond donors (Lipinski definition) is 3. The molecule has 0 bridgehead atoms. The van der Waals surface area contributed by atoms with Crippen molar-refractivity contribution < 1.29 is 34.0 Å². The van der Waals surface area contributed by atoms with Gasteiger partial charge >= 0.3 is 0 Å². The topological polar surface area (TPSA) is 136 Å². The molecule has 3 N–H and O–H groups in total. The highest BCUT2D eigenvalue weighted by atomic mass is 19.1. The van der Waals surface area contributed by atoms with Gasteiger partial charge in [-0.3, -0.25) is 9.59 Å². The minimum Gasteiger partial charge on any atom is -0.388 e. The maximum Gasteiger partial charge on any atom is 0.255 e. The van der Waals surface area contributed by atoms with Gasteiger partial charge in [0.2, 0.25) is 0 Å². The number of aromatic nitrogens is 2. The van der Waals surface area contributed by atoms with Crippen molar-refractivity contribution in [2.45, 2.75) is 31.2 Å². The fourth-order valence-corrected chi connectivity index (χ4v) is 3.61. The molecule has 34 heavy (non-hydrogen) atoms. The van der Waals surface area contributed by atoms with E-state index in [0.717, 1.165) is 12.1 Å². The number of carbonyl (C=O) groups excluding carboxylic acids is 2. The molecule has 10 nitrogen and oxygen atoms in total. The lowest BCUT2D eigenvalue weighted by molar-refractivity contribution is -0.0932. The van der Waals surface area contributed by atoms with E-state index in [1.807, 2.05) is 0 Å². The third-order valence-corrected chi connectivity index (χ3v) is 5.59. The molecule has 3 atom stereocenters. The van der Waals surface area contributed by atoms with Gasteiger partial charge in [-0.2, -0.15) is 10.2 Å². The lowest BCUT2D eigenvalue weighted by Crippen LogP contribution is -2.50. The first kappa shape index (κ1) is 25.6. The highest BCUT2D eigenvalue weighted by Crippen LogP contribution is 2.13. The van der Waals surface area contributed by atoms with Gasteiger partial charge in [0.15, 0.2) is 0 Å². The molecule has 1 saturated heterocycles. The van der Waals surface area contributed by atoms with Crippen LogP contribution in [-0.2, 0) is 4.74 Å². The molecule has 184 valence electrons. The number of carbonyl (C=O) groups is 2. The highest BCUT2D eigenvalue weighted by molar-refractivity contribution is 5.95. The van der Waals surface area contributed by atoms with Gasteiger partial charge in [0.25, 0.3) is 11.8 Å². The maximum atomic E-state index is 13.3. The van der Waals surface area contributed by atoms with Crippen LogP contribution in [0.4, 0.5) is 4.39 Å². The fraction of sp³-hybridized carbons (Fsp3) is 0.478. The van der Waals surface area contributed by atoms with Crippen LogP contribution in [-0.4, -0.2) is 105 Å². The summed E-state index contributed by atoms with van der Waals surface area (Å²) in [6, 6.07) is 6.49. The maximum absolute atomic E-state index is 13.3. The molecule has 1 aromatic heterocycles. The Morgan fingerprint density at radius 1 is 0.882 bits per heavy atom. The number of benzene rings is 1. The third-order valence-electron chi connectivity index (χ3n) is 5.59. The van der Waals surface area contributed by atoms with Crippen molar-refractivity contribution in [3.8, 4) is 0 Å². The second kappa shape index (κ2) is 12.5. The first-order valence-corrected chi connectivity index (χ1v) is 11.1. The van der Waals surface area contributed by atoms with E-state index in [0.29, 0.717) is 31.6 Å². The van der Waals surface area contributed by atoms with Crippen LogP contribution >= 0.6 is 0 Å². The standard InChI is InChI=1S/C23H29FN4O6/c24-18-5-3-16(4-6-18)22(32)28-11-10-27(23(33)17-7-8-25-26-13-17)9-1-2-12-34-15-20(30)21(31)19(29)14-28/h3-8,13,19-21,29-31H,1-2,9-12,14-15H2/t19-,20+,21+/m0/s1. The van der Waals surface area contributed by atoms with Crippen molar-refractivity contribution in [2.24, 2.45) is 0 Å². The van der Waals surface area contributed by atoms with Gasteiger partial charge in [-0.1, -0.05) is 0 Å². The van der Waals surface area contributed by atoms with Gasteiger partial charge in [0.05, 0.1) is 24.6 Å². The second-order valence-electron chi connectivity index (χ2n) is 8.09. The number of β-amino-alcohol motifs (C(OH)–C–C–N with tert-alkyl or cyclic N) is 1. The van der Waals surface area contributed by atoms with E-state index in [4.69, 9.17) is 4.74 Å². The summed E-state index contributed by atoms with van der Waals surface area (Å²) in [5.74, 6) is -1.30. The number of halogens is 1. The largest absolute Gasteiger partial charge is 0.388 e. The molecule has 1 aliphatic heterocycles.